The van der Waals surface area contributed by atoms with Gasteiger partial charge in [0.2, 0.25) is 11.8 Å². The highest BCUT2D eigenvalue weighted by molar-refractivity contribution is 6.31. The Morgan fingerprint density at radius 3 is 2.48 bits per heavy atom. The number of benzene rings is 3. The normalized spacial score (nSPS) is 17.1. The van der Waals surface area contributed by atoms with Crippen molar-refractivity contribution in [2.45, 2.75) is 71.4 Å². The second-order valence-electron chi connectivity index (χ2n) is 13.9. The van der Waals surface area contributed by atoms with E-state index >= 15 is 0 Å². The Kier molecular flexibility index (Phi) is 12.1. The molecule has 0 aliphatic carbocycles. The summed E-state index contributed by atoms with van der Waals surface area (Å²) in [6, 6.07) is 12.8. The van der Waals surface area contributed by atoms with E-state index in [-0.39, 0.29) is 42.6 Å². The van der Waals surface area contributed by atoms with Crippen molar-refractivity contribution in [3.8, 4) is 5.75 Å². The molecule has 14 heteroatoms. The molecule has 0 bridgehead atoms. The molecule has 4 atom stereocenters. The van der Waals surface area contributed by atoms with Gasteiger partial charge >= 0.3 is 0 Å². The van der Waals surface area contributed by atoms with Gasteiger partial charge in [-0.1, -0.05) is 62.7 Å². The molecular weight excluding hydrogens is 694 g/mol. The van der Waals surface area contributed by atoms with Crippen LogP contribution in [0.5, 0.6) is 5.75 Å². The van der Waals surface area contributed by atoms with Crippen LogP contribution >= 0.6 is 11.6 Å². The number of likely N-dealkylation sites (N-methyl/N-ethyl adjacent to an activating group) is 1. The molecular formula is C38H43ClF2N6O5. The molecule has 3 N–H and O–H groups in total. The summed E-state index contributed by atoms with van der Waals surface area (Å²) in [7, 11) is 3.12. The van der Waals surface area contributed by atoms with Crippen LogP contribution in [0.25, 0.3) is 10.9 Å². The lowest BCUT2D eigenvalue weighted by atomic mass is 9.85. The number of aromatic nitrogens is 2. The first-order chi connectivity index (χ1) is 24.7. The molecule has 1 fully saturated rings. The second-order valence-corrected chi connectivity index (χ2v) is 14.3. The summed E-state index contributed by atoms with van der Waals surface area (Å²) in [5, 5.41) is 8.42. The van der Waals surface area contributed by atoms with Crippen molar-refractivity contribution in [1.82, 2.24) is 25.5 Å². The minimum absolute atomic E-state index is 0.105. The number of amides is 2. The fourth-order valence-corrected chi connectivity index (χ4v) is 6.24. The molecule has 11 nitrogen and oxygen atoms in total. The first-order valence-electron chi connectivity index (χ1n) is 16.9. The summed E-state index contributed by atoms with van der Waals surface area (Å²) in [4.78, 5) is 51.8. The summed E-state index contributed by atoms with van der Waals surface area (Å²) in [6.45, 7) is 7.71. The van der Waals surface area contributed by atoms with Gasteiger partial charge in [0.25, 0.3) is 0 Å². The largest absolute Gasteiger partial charge is 0.496 e. The molecule has 3 aromatic carbocycles. The minimum atomic E-state index is -0.988. The smallest absolute Gasteiger partial charge is 0.246 e. The Bertz CT molecular complexity index is 1940. The highest BCUT2D eigenvalue weighted by Crippen LogP contribution is 2.34. The molecule has 1 aliphatic rings. The first kappa shape index (κ1) is 38.5. The zero-order chi connectivity index (χ0) is 37.7. The average Bonchev–Trinajstić information content (AvgIpc) is 3.57. The van der Waals surface area contributed by atoms with Crippen molar-refractivity contribution in [3.63, 3.8) is 0 Å². The van der Waals surface area contributed by atoms with E-state index in [1.807, 2.05) is 51.1 Å². The van der Waals surface area contributed by atoms with Gasteiger partial charge < -0.3 is 30.3 Å². The van der Waals surface area contributed by atoms with Gasteiger partial charge in [-0.3, -0.25) is 14.4 Å². The maximum Gasteiger partial charge on any atom is 0.246 e. The number of likely N-dealkylation sites (tertiary alicyclic amines) is 1. The Labute approximate surface area is 306 Å². The number of fused-ring (bicyclic) bond motifs is 1. The van der Waals surface area contributed by atoms with Crippen molar-refractivity contribution in [2.24, 2.45) is 5.41 Å². The number of carbonyl (C=O) groups is 3. The molecule has 5 rings (SSSR count). The molecule has 1 aromatic heterocycles. The number of anilines is 2. The predicted molar refractivity (Wildman–Crippen MR) is 194 cm³/mol. The first-order valence-corrected chi connectivity index (χ1v) is 17.3. The topological polar surface area (TPSA) is 135 Å². The predicted octanol–water partition coefficient (Wildman–Crippen LogP) is 5.75. The lowest BCUT2D eigenvalue weighted by Gasteiger charge is -2.36. The van der Waals surface area contributed by atoms with E-state index in [1.165, 1.54) is 24.4 Å². The highest BCUT2D eigenvalue weighted by Gasteiger charge is 2.45. The molecule has 0 spiro atoms. The number of ether oxygens (including phenoxy) is 2. The molecule has 1 saturated heterocycles. The maximum atomic E-state index is 14.8. The highest BCUT2D eigenvalue weighted by atomic mass is 35.5. The van der Waals surface area contributed by atoms with Crippen LogP contribution in [0.1, 0.15) is 45.2 Å². The number of hydrogen-bond donors (Lipinski definition) is 3. The van der Waals surface area contributed by atoms with Gasteiger partial charge in [-0.15, -0.1) is 0 Å². The minimum Gasteiger partial charge on any atom is -0.496 e. The Morgan fingerprint density at radius 2 is 1.81 bits per heavy atom. The number of carbonyl (C=O) groups excluding carboxylic acids is 3. The van der Waals surface area contributed by atoms with Gasteiger partial charge in [0.1, 0.15) is 34.8 Å². The van der Waals surface area contributed by atoms with Crippen LogP contribution in [0.15, 0.2) is 60.9 Å². The fourth-order valence-electron chi connectivity index (χ4n) is 6.08. The van der Waals surface area contributed by atoms with E-state index in [1.54, 1.807) is 26.1 Å². The number of nitrogens with one attached hydrogen (secondary N) is 3. The summed E-state index contributed by atoms with van der Waals surface area (Å²) >= 11 is 5.80. The quantitative estimate of drug-likeness (QED) is 0.147. The van der Waals surface area contributed by atoms with E-state index in [9.17, 15) is 23.2 Å². The number of halogens is 3. The van der Waals surface area contributed by atoms with Crippen LogP contribution in [-0.4, -0.2) is 77.4 Å². The lowest BCUT2D eigenvalue weighted by Crippen LogP contribution is -2.59. The Morgan fingerprint density at radius 1 is 1.08 bits per heavy atom. The van der Waals surface area contributed by atoms with Gasteiger partial charge in [-0.25, -0.2) is 18.7 Å². The van der Waals surface area contributed by atoms with E-state index in [2.05, 4.69) is 25.9 Å². The van der Waals surface area contributed by atoms with Crippen LogP contribution in [0.4, 0.5) is 20.3 Å². The summed E-state index contributed by atoms with van der Waals surface area (Å²) in [5.74, 6) is -2.34. The third kappa shape index (κ3) is 8.66. The van der Waals surface area contributed by atoms with Crippen molar-refractivity contribution in [2.75, 3.05) is 26.0 Å². The summed E-state index contributed by atoms with van der Waals surface area (Å²) in [5.41, 5.74) is 1.07. The fraction of sp³-hybridized carbons (Fsp3) is 0.395. The molecule has 0 unspecified atom stereocenters. The SMILES string of the molecule is CN[C@@H](C)C(=O)N[C@H](C(=O)N1C[C@H](OCc2ccccc2)C[C@H]1C(=O)Cc1cc2c(Nc3ccc(F)c(Cl)c3F)ncnc2cc1OC)C(C)(C)C. The molecule has 276 valence electrons. The van der Waals surface area contributed by atoms with Crippen molar-refractivity contribution >= 4 is 51.6 Å². The van der Waals surface area contributed by atoms with Crippen molar-refractivity contribution in [1.29, 1.82) is 0 Å². The zero-order valence-electron chi connectivity index (χ0n) is 29.9. The monoisotopic (exact) mass is 736 g/mol. The van der Waals surface area contributed by atoms with Gasteiger partial charge in [0.15, 0.2) is 11.6 Å². The van der Waals surface area contributed by atoms with Crippen LogP contribution in [0, 0.1) is 17.0 Å². The number of hydrogen-bond acceptors (Lipinski definition) is 9. The number of ketones is 1. The van der Waals surface area contributed by atoms with Gasteiger partial charge in [0.05, 0.1) is 43.1 Å². The van der Waals surface area contributed by atoms with Gasteiger partial charge in [0, 0.05) is 36.4 Å². The lowest BCUT2D eigenvalue weighted by molar-refractivity contribution is -0.143. The molecule has 52 heavy (non-hydrogen) atoms. The number of methoxy groups -OCH3 is 1. The Balaban J connectivity index is 1.46. The average molecular weight is 737 g/mol. The van der Waals surface area contributed by atoms with Crippen LogP contribution in [0.3, 0.4) is 0 Å². The second kappa shape index (κ2) is 16.3. The standard InChI is InChI=1S/C38H43ClF2N6O5/c1-21(42-5)36(49)46-34(38(2,3)4)37(50)47-18-24(52-19-22-10-8-7-9-11-22)16-29(47)30(48)15-23-14-25-28(17-31(23)51-6)43-20-44-35(25)45-27-13-12-26(40)32(39)33(27)41/h7-14,17,20-21,24,29,34,42H,15-16,18-19H2,1-6H3,(H,46,49)(H,43,44,45)/t21-,24+,29-,34+/m0/s1. The maximum absolute atomic E-state index is 14.8. The number of nitrogens with zero attached hydrogens (tertiary/aromatic N) is 3. The van der Waals surface area contributed by atoms with Gasteiger partial charge in [-0.05, 0) is 43.1 Å². The molecule has 0 saturated carbocycles. The zero-order valence-corrected chi connectivity index (χ0v) is 30.7. The van der Waals surface area contributed by atoms with E-state index in [0.717, 1.165) is 11.6 Å². The molecule has 1 aliphatic heterocycles. The summed E-state index contributed by atoms with van der Waals surface area (Å²) in [6.07, 6.45) is 0.918. The summed E-state index contributed by atoms with van der Waals surface area (Å²) < 4.78 is 40.6. The van der Waals surface area contributed by atoms with Gasteiger partial charge in [-0.2, -0.15) is 0 Å². The molecule has 4 aromatic rings. The Hall–Kier alpha value is -4.72. The van der Waals surface area contributed by atoms with Crippen molar-refractivity contribution in [3.05, 3.63) is 88.7 Å². The van der Waals surface area contributed by atoms with E-state index < -0.39 is 52.2 Å². The third-order valence-electron chi connectivity index (χ3n) is 9.16. The van der Waals surface area contributed by atoms with E-state index in [0.29, 0.717) is 28.8 Å². The van der Waals surface area contributed by atoms with Crippen LogP contribution in [-0.2, 0) is 32.1 Å². The van der Waals surface area contributed by atoms with E-state index in [4.69, 9.17) is 21.1 Å². The third-order valence-corrected chi connectivity index (χ3v) is 9.51. The number of Topliss-reactive ketones (excluding diaryl/α,β-unsaturated/α-hetero) is 1. The molecule has 2 amide bonds. The van der Waals surface area contributed by atoms with Crippen molar-refractivity contribution < 1.29 is 32.6 Å². The number of rotatable bonds is 13. The van der Waals surface area contributed by atoms with Crippen LogP contribution in [0.2, 0.25) is 5.02 Å². The molecule has 2 heterocycles. The molecule has 0 radical (unpaired) electrons. The van der Waals surface area contributed by atoms with Crippen LogP contribution < -0.4 is 20.7 Å².